The number of rotatable bonds is 5. The van der Waals surface area contributed by atoms with Crippen molar-refractivity contribution in [1.29, 1.82) is 0 Å². The molecule has 0 saturated heterocycles. The van der Waals surface area contributed by atoms with E-state index in [4.69, 9.17) is 5.11 Å². The first-order valence-corrected chi connectivity index (χ1v) is 6.55. The van der Waals surface area contributed by atoms with E-state index in [-0.39, 0.29) is 16.9 Å². The van der Waals surface area contributed by atoms with Crippen LogP contribution in [-0.4, -0.2) is 60.4 Å². The van der Waals surface area contributed by atoms with Crippen molar-refractivity contribution in [2.75, 3.05) is 6.61 Å². The third-order valence-electron chi connectivity index (χ3n) is 3.36. The molecule has 0 aliphatic carbocycles. The maximum absolute atomic E-state index is 12.6. The Bertz CT molecular complexity index is 675. The van der Waals surface area contributed by atoms with E-state index in [9.17, 15) is 33.6 Å². The van der Waals surface area contributed by atoms with Crippen LogP contribution in [0.1, 0.15) is 17.5 Å². The molecule has 0 unspecified atom stereocenters. The molecular weight excluding hydrogens is 321 g/mol. The quantitative estimate of drug-likeness (QED) is 0.444. The number of nitrogens with zero attached hydrogens (tertiary/aromatic N) is 1. The lowest BCUT2D eigenvalue weighted by atomic mass is 10.0. The van der Waals surface area contributed by atoms with E-state index in [0.717, 1.165) is 18.2 Å². The Hall–Kier alpha value is -1.72. The molecule has 4 atom stereocenters. The molecule has 1 heterocycles. The lowest BCUT2D eigenvalue weighted by Crippen LogP contribution is -2.42. The Morgan fingerprint density at radius 1 is 1.09 bits per heavy atom. The summed E-state index contributed by atoms with van der Waals surface area (Å²) in [5.41, 5.74) is -0.816. The first kappa shape index (κ1) is 17.6. The van der Waals surface area contributed by atoms with Crippen LogP contribution in [0.25, 0.3) is 11.0 Å². The molecule has 6 N–H and O–H groups in total. The lowest BCUT2D eigenvalue weighted by molar-refractivity contribution is -0.137. The van der Waals surface area contributed by atoms with Crippen LogP contribution in [0.2, 0.25) is 0 Å². The van der Waals surface area contributed by atoms with Crippen LogP contribution >= 0.6 is 0 Å². The van der Waals surface area contributed by atoms with Crippen molar-refractivity contribution in [3.63, 3.8) is 0 Å². The van der Waals surface area contributed by atoms with Gasteiger partial charge in [-0.25, -0.2) is 4.98 Å². The Labute approximate surface area is 127 Å². The van der Waals surface area contributed by atoms with E-state index < -0.39 is 42.8 Å². The number of alkyl halides is 3. The number of hydrogen-bond donors (Lipinski definition) is 6. The van der Waals surface area contributed by atoms with Gasteiger partial charge >= 0.3 is 6.18 Å². The molecule has 7 nitrogen and oxygen atoms in total. The van der Waals surface area contributed by atoms with Crippen molar-refractivity contribution in [1.82, 2.24) is 9.97 Å². The summed E-state index contributed by atoms with van der Waals surface area (Å²) in [6, 6.07) is 2.72. The monoisotopic (exact) mass is 336 g/mol. The van der Waals surface area contributed by atoms with Crippen molar-refractivity contribution >= 4 is 11.0 Å². The number of hydrogen-bond acceptors (Lipinski definition) is 6. The smallest absolute Gasteiger partial charge is 0.394 e. The molecule has 0 aliphatic rings. The van der Waals surface area contributed by atoms with Gasteiger partial charge in [-0.1, -0.05) is 0 Å². The molecule has 2 rings (SSSR count). The minimum Gasteiger partial charge on any atom is -0.394 e. The topological polar surface area (TPSA) is 130 Å². The highest BCUT2D eigenvalue weighted by Gasteiger charge is 2.33. The Balaban J connectivity index is 2.29. The number of H-pyrrole nitrogens is 1. The van der Waals surface area contributed by atoms with Gasteiger partial charge in [0.2, 0.25) is 0 Å². The van der Waals surface area contributed by atoms with Gasteiger partial charge in [-0.2, -0.15) is 13.2 Å². The van der Waals surface area contributed by atoms with E-state index in [1.807, 2.05) is 0 Å². The summed E-state index contributed by atoms with van der Waals surface area (Å²) in [5.74, 6) is -0.281. The summed E-state index contributed by atoms with van der Waals surface area (Å²) in [6.07, 6.45) is -11.8. The van der Waals surface area contributed by atoms with Crippen LogP contribution in [0.5, 0.6) is 0 Å². The standard InChI is InChI=1S/C13H15F3N2O5/c14-13(15,16)5-1-2-6-7(3-5)18-12(17-6)11(23)10(22)9(21)8(20)4-19/h1-3,8-11,19-23H,4H2,(H,17,18)/t8-,9-,10+,11+/m1/s1. The van der Waals surface area contributed by atoms with Crippen molar-refractivity contribution in [2.24, 2.45) is 0 Å². The molecule has 0 radical (unpaired) electrons. The molecule has 1 aromatic carbocycles. The van der Waals surface area contributed by atoms with E-state index >= 15 is 0 Å². The number of aromatic nitrogens is 2. The highest BCUT2D eigenvalue weighted by atomic mass is 19.4. The Kier molecular flexibility index (Phi) is 4.92. The fourth-order valence-corrected chi connectivity index (χ4v) is 2.03. The minimum absolute atomic E-state index is 0.0849. The highest BCUT2D eigenvalue weighted by molar-refractivity contribution is 5.76. The highest BCUT2D eigenvalue weighted by Crippen LogP contribution is 2.31. The first-order chi connectivity index (χ1) is 10.6. The number of aliphatic hydroxyl groups is 5. The van der Waals surface area contributed by atoms with Gasteiger partial charge in [-0.05, 0) is 18.2 Å². The van der Waals surface area contributed by atoms with E-state index in [2.05, 4.69) is 9.97 Å². The normalized spacial score (nSPS) is 17.9. The number of benzene rings is 1. The predicted octanol–water partition coefficient (Wildman–Crippen LogP) is -0.310. The van der Waals surface area contributed by atoms with Crippen LogP contribution in [0.15, 0.2) is 18.2 Å². The van der Waals surface area contributed by atoms with Crippen molar-refractivity contribution < 1.29 is 38.7 Å². The number of nitrogens with one attached hydrogen (secondary N) is 1. The molecule has 23 heavy (non-hydrogen) atoms. The average Bonchev–Trinajstić information content (AvgIpc) is 2.94. The van der Waals surface area contributed by atoms with Gasteiger partial charge in [0.05, 0.1) is 23.2 Å². The number of aromatic amines is 1. The summed E-state index contributed by atoms with van der Waals surface area (Å²) in [4.78, 5) is 6.28. The molecule has 0 fully saturated rings. The fraction of sp³-hybridized carbons (Fsp3) is 0.462. The maximum Gasteiger partial charge on any atom is 0.416 e. The SMILES string of the molecule is OC[C@@H](O)[C@@H](O)[C@H](O)[C@H](O)c1nc2cc(C(F)(F)F)ccc2[nH]1. The van der Waals surface area contributed by atoms with E-state index in [1.165, 1.54) is 0 Å². The number of imidazole rings is 1. The van der Waals surface area contributed by atoms with E-state index in [0.29, 0.717) is 0 Å². The van der Waals surface area contributed by atoms with Crippen LogP contribution in [0, 0.1) is 0 Å². The van der Waals surface area contributed by atoms with Gasteiger partial charge in [0.1, 0.15) is 30.2 Å². The Morgan fingerprint density at radius 3 is 2.30 bits per heavy atom. The summed E-state index contributed by atoms with van der Waals surface area (Å²) in [5, 5.41) is 47.1. The molecule has 1 aromatic heterocycles. The van der Waals surface area contributed by atoms with Crippen LogP contribution in [0.3, 0.4) is 0 Å². The first-order valence-electron chi connectivity index (χ1n) is 6.55. The van der Waals surface area contributed by atoms with Gasteiger partial charge < -0.3 is 30.5 Å². The molecule has 0 amide bonds. The van der Waals surface area contributed by atoms with Crippen molar-refractivity contribution in [3.8, 4) is 0 Å². The van der Waals surface area contributed by atoms with Gasteiger partial charge in [0.15, 0.2) is 0 Å². The molecular formula is C13H15F3N2O5. The zero-order valence-corrected chi connectivity index (χ0v) is 11.6. The zero-order chi connectivity index (χ0) is 17.4. The minimum atomic E-state index is -4.55. The van der Waals surface area contributed by atoms with Gasteiger partial charge in [-0.3, -0.25) is 0 Å². The van der Waals surface area contributed by atoms with Gasteiger partial charge in [-0.15, -0.1) is 0 Å². The van der Waals surface area contributed by atoms with Gasteiger partial charge in [0.25, 0.3) is 0 Å². The van der Waals surface area contributed by atoms with Crippen molar-refractivity contribution in [3.05, 3.63) is 29.6 Å². The number of halogens is 3. The average molecular weight is 336 g/mol. The molecule has 128 valence electrons. The second kappa shape index (κ2) is 6.42. The fourth-order valence-electron chi connectivity index (χ4n) is 2.03. The molecule has 0 bridgehead atoms. The third-order valence-corrected chi connectivity index (χ3v) is 3.36. The summed E-state index contributed by atoms with van der Waals surface area (Å²) >= 11 is 0. The molecule has 0 aliphatic heterocycles. The predicted molar refractivity (Wildman–Crippen MR) is 71.2 cm³/mol. The van der Waals surface area contributed by atoms with Crippen molar-refractivity contribution in [2.45, 2.75) is 30.6 Å². The zero-order valence-electron chi connectivity index (χ0n) is 11.6. The number of aliphatic hydroxyl groups excluding tert-OH is 5. The van der Waals surface area contributed by atoms with Gasteiger partial charge in [0, 0.05) is 0 Å². The van der Waals surface area contributed by atoms with E-state index in [1.54, 1.807) is 0 Å². The lowest BCUT2D eigenvalue weighted by Gasteiger charge is -2.24. The molecule has 0 saturated carbocycles. The third kappa shape index (κ3) is 3.62. The second-order valence-electron chi connectivity index (χ2n) is 5.03. The largest absolute Gasteiger partial charge is 0.416 e. The Morgan fingerprint density at radius 2 is 1.74 bits per heavy atom. The summed E-state index contributed by atoms with van der Waals surface area (Å²) in [7, 11) is 0. The number of fused-ring (bicyclic) bond motifs is 1. The van der Waals surface area contributed by atoms with Crippen LogP contribution in [-0.2, 0) is 6.18 Å². The molecule has 2 aromatic rings. The summed E-state index contributed by atoms with van der Waals surface area (Å²) < 4.78 is 37.9. The van der Waals surface area contributed by atoms with Crippen LogP contribution in [0.4, 0.5) is 13.2 Å². The summed E-state index contributed by atoms with van der Waals surface area (Å²) in [6.45, 7) is -0.847. The maximum atomic E-state index is 12.6. The molecule has 0 spiro atoms. The second-order valence-corrected chi connectivity index (χ2v) is 5.03. The van der Waals surface area contributed by atoms with Crippen LogP contribution < -0.4 is 0 Å². The molecule has 10 heteroatoms.